The van der Waals surface area contributed by atoms with Crippen molar-refractivity contribution < 1.29 is 10.2 Å². The number of hydrogen-bond acceptors (Lipinski definition) is 2. The van der Waals surface area contributed by atoms with Gasteiger partial charge in [-0.3, -0.25) is 0 Å². The Hall–Kier alpha value is -0.860. The zero-order chi connectivity index (χ0) is 14.8. The van der Waals surface area contributed by atoms with Crippen molar-refractivity contribution >= 4 is 0 Å². The Morgan fingerprint density at radius 3 is 2.00 bits per heavy atom. The lowest BCUT2D eigenvalue weighted by atomic mass is 9.81. The molecule has 1 aliphatic carbocycles. The molecule has 0 amide bonds. The lowest BCUT2D eigenvalue weighted by Gasteiger charge is -2.30. The Kier molecular flexibility index (Phi) is 4.87. The van der Waals surface area contributed by atoms with Crippen LogP contribution in [0.1, 0.15) is 70.1 Å². The molecule has 2 rings (SSSR count). The largest absolute Gasteiger partial charge is 0.390 e. The maximum Gasteiger partial charge on any atom is 0.105 e. The van der Waals surface area contributed by atoms with Gasteiger partial charge in [0.15, 0.2) is 0 Å². The highest BCUT2D eigenvalue weighted by Crippen LogP contribution is 2.33. The van der Waals surface area contributed by atoms with Crippen LogP contribution in [0, 0.1) is 5.92 Å². The summed E-state index contributed by atoms with van der Waals surface area (Å²) in [7, 11) is 0. The van der Waals surface area contributed by atoms with Crippen molar-refractivity contribution in [2.75, 3.05) is 0 Å². The van der Waals surface area contributed by atoms with Gasteiger partial charge in [0.1, 0.15) is 6.10 Å². The number of benzene rings is 1. The Labute approximate surface area is 122 Å². The fourth-order valence-electron chi connectivity index (χ4n) is 3.11. The molecule has 0 saturated heterocycles. The van der Waals surface area contributed by atoms with Crippen LogP contribution in [0.15, 0.2) is 24.3 Å². The van der Waals surface area contributed by atoms with E-state index in [4.69, 9.17) is 0 Å². The summed E-state index contributed by atoms with van der Waals surface area (Å²) < 4.78 is 0. The molecular weight excluding hydrogens is 248 g/mol. The summed E-state index contributed by atoms with van der Waals surface area (Å²) in [6, 6.07) is 8.03. The van der Waals surface area contributed by atoms with Gasteiger partial charge in [-0.1, -0.05) is 64.3 Å². The molecule has 2 atom stereocenters. The van der Waals surface area contributed by atoms with E-state index in [9.17, 15) is 10.2 Å². The lowest BCUT2D eigenvalue weighted by molar-refractivity contribution is -0.0285. The van der Waals surface area contributed by atoms with Gasteiger partial charge in [0, 0.05) is 0 Å². The number of rotatable bonds is 3. The second-order valence-corrected chi connectivity index (χ2v) is 7.21. The molecule has 0 spiro atoms. The fraction of sp³-hybridized carbons (Fsp3) is 0.667. The predicted molar refractivity (Wildman–Crippen MR) is 82.7 cm³/mol. The van der Waals surface area contributed by atoms with E-state index in [1.807, 2.05) is 12.1 Å². The quantitative estimate of drug-likeness (QED) is 0.877. The van der Waals surface area contributed by atoms with Crippen molar-refractivity contribution in [3.8, 4) is 0 Å². The maximum absolute atomic E-state index is 10.4. The third-order valence-corrected chi connectivity index (χ3v) is 4.57. The van der Waals surface area contributed by atoms with E-state index in [2.05, 4.69) is 32.9 Å². The summed E-state index contributed by atoms with van der Waals surface area (Å²) >= 11 is 0. The molecule has 2 nitrogen and oxygen atoms in total. The molecule has 0 aliphatic heterocycles. The van der Waals surface area contributed by atoms with E-state index >= 15 is 0 Å². The first kappa shape index (κ1) is 15.5. The molecule has 2 heteroatoms. The highest BCUT2D eigenvalue weighted by molar-refractivity contribution is 5.29. The highest BCUT2D eigenvalue weighted by Gasteiger charge is 2.28. The Balaban J connectivity index is 2.06. The molecule has 112 valence electrons. The molecule has 2 unspecified atom stereocenters. The number of hydrogen-bond donors (Lipinski definition) is 2. The zero-order valence-electron chi connectivity index (χ0n) is 13.0. The van der Waals surface area contributed by atoms with Crippen LogP contribution < -0.4 is 0 Å². The van der Waals surface area contributed by atoms with Gasteiger partial charge in [-0.25, -0.2) is 0 Å². The molecule has 1 saturated carbocycles. The smallest absolute Gasteiger partial charge is 0.105 e. The highest BCUT2D eigenvalue weighted by atomic mass is 16.3. The standard InChI is InChI=1S/C18H28O2/c1-18(2,3)15-11-9-14(10-12-15)17(20)16(19)13-7-5-4-6-8-13/h9-13,16-17,19-20H,4-8H2,1-3H3. The average Bonchev–Trinajstić information content (AvgIpc) is 2.46. The van der Waals surface area contributed by atoms with Gasteiger partial charge in [0.2, 0.25) is 0 Å². The molecule has 0 bridgehead atoms. The van der Waals surface area contributed by atoms with Crippen molar-refractivity contribution in [2.24, 2.45) is 5.92 Å². The minimum absolute atomic E-state index is 0.117. The third kappa shape index (κ3) is 3.62. The topological polar surface area (TPSA) is 40.5 Å². The third-order valence-electron chi connectivity index (χ3n) is 4.57. The van der Waals surface area contributed by atoms with Gasteiger partial charge in [0.05, 0.1) is 6.10 Å². The van der Waals surface area contributed by atoms with E-state index in [1.165, 1.54) is 24.8 Å². The van der Waals surface area contributed by atoms with Crippen LogP contribution in [0.3, 0.4) is 0 Å². The SMILES string of the molecule is CC(C)(C)c1ccc(C(O)C(O)C2CCCCC2)cc1. The van der Waals surface area contributed by atoms with Gasteiger partial charge in [-0.2, -0.15) is 0 Å². The molecule has 0 radical (unpaired) electrons. The first-order valence-corrected chi connectivity index (χ1v) is 7.86. The molecule has 1 aromatic carbocycles. The lowest BCUT2D eigenvalue weighted by Crippen LogP contribution is -2.29. The van der Waals surface area contributed by atoms with Gasteiger partial charge in [-0.05, 0) is 35.3 Å². The molecule has 1 fully saturated rings. The maximum atomic E-state index is 10.4. The van der Waals surface area contributed by atoms with Crippen LogP contribution in [-0.2, 0) is 5.41 Å². The summed E-state index contributed by atoms with van der Waals surface area (Å²) in [4.78, 5) is 0. The molecule has 0 heterocycles. The molecule has 1 aromatic rings. The second-order valence-electron chi connectivity index (χ2n) is 7.21. The molecule has 0 aromatic heterocycles. The van der Waals surface area contributed by atoms with Crippen molar-refractivity contribution in [1.29, 1.82) is 0 Å². The monoisotopic (exact) mass is 276 g/mol. The summed E-state index contributed by atoms with van der Waals surface area (Å²) in [5.74, 6) is 0.251. The van der Waals surface area contributed by atoms with Gasteiger partial charge in [-0.15, -0.1) is 0 Å². The summed E-state index contributed by atoms with van der Waals surface area (Å²) in [5.41, 5.74) is 2.20. The van der Waals surface area contributed by atoms with E-state index in [-0.39, 0.29) is 11.3 Å². The first-order chi connectivity index (χ1) is 9.39. The molecule has 1 aliphatic rings. The van der Waals surface area contributed by atoms with E-state index < -0.39 is 12.2 Å². The van der Waals surface area contributed by atoms with Gasteiger partial charge >= 0.3 is 0 Å². The van der Waals surface area contributed by atoms with Crippen LogP contribution in [-0.4, -0.2) is 16.3 Å². The van der Waals surface area contributed by atoms with Crippen molar-refractivity contribution in [2.45, 2.75) is 70.5 Å². The van der Waals surface area contributed by atoms with Crippen molar-refractivity contribution in [1.82, 2.24) is 0 Å². The average molecular weight is 276 g/mol. The predicted octanol–water partition coefficient (Wildman–Crippen LogP) is 3.96. The molecule has 20 heavy (non-hydrogen) atoms. The van der Waals surface area contributed by atoms with Crippen LogP contribution in [0.4, 0.5) is 0 Å². The van der Waals surface area contributed by atoms with Crippen LogP contribution in [0.5, 0.6) is 0 Å². The Morgan fingerprint density at radius 1 is 0.950 bits per heavy atom. The Bertz CT molecular complexity index is 410. The normalized spacial score (nSPS) is 20.6. The van der Waals surface area contributed by atoms with E-state index in [1.54, 1.807) is 0 Å². The van der Waals surface area contributed by atoms with Crippen molar-refractivity contribution in [3.05, 3.63) is 35.4 Å². The minimum atomic E-state index is -0.757. The van der Waals surface area contributed by atoms with Crippen LogP contribution in [0.25, 0.3) is 0 Å². The Morgan fingerprint density at radius 2 is 1.50 bits per heavy atom. The summed E-state index contributed by atoms with van der Waals surface area (Å²) in [5, 5.41) is 20.8. The van der Waals surface area contributed by atoms with Crippen LogP contribution in [0.2, 0.25) is 0 Å². The molecule has 2 N–H and O–H groups in total. The number of aliphatic hydroxyl groups is 2. The second kappa shape index (κ2) is 6.28. The summed E-state index contributed by atoms with van der Waals surface area (Å²) in [6.07, 6.45) is 4.31. The number of aliphatic hydroxyl groups excluding tert-OH is 2. The summed E-state index contributed by atoms with van der Waals surface area (Å²) in [6.45, 7) is 6.53. The first-order valence-electron chi connectivity index (χ1n) is 7.86. The van der Waals surface area contributed by atoms with Gasteiger partial charge < -0.3 is 10.2 Å². The molecular formula is C18H28O2. The van der Waals surface area contributed by atoms with Crippen LogP contribution >= 0.6 is 0 Å². The van der Waals surface area contributed by atoms with E-state index in [0.29, 0.717) is 0 Å². The van der Waals surface area contributed by atoms with Gasteiger partial charge in [0.25, 0.3) is 0 Å². The van der Waals surface area contributed by atoms with Crippen molar-refractivity contribution in [3.63, 3.8) is 0 Å². The fourth-order valence-corrected chi connectivity index (χ4v) is 3.11. The van der Waals surface area contributed by atoms with E-state index in [0.717, 1.165) is 18.4 Å². The zero-order valence-corrected chi connectivity index (χ0v) is 13.0. The minimum Gasteiger partial charge on any atom is -0.390 e.